The SMILES string of the molecule is C=C1c2ccc(OC(C)=O)cc2Oc2ccc3ccccc3c21. The Kier molecular flexibility index (Phi) is 2.95. The maximum atomic E-state index is 11.1. The third-order valence-electron chi connectivity index (χ3n) is 3.95. The number of carbonyl (C=O) groups is 1. The second kappa shape index (κ2) is 4.99. The van der Waals surface area contributed by atoms with Crippen molar-refractivity contribution in [3.63, 3.8) is 0 Å². The molecule has 0 atom stereocenters. The molecule has 3 aromatic rings. The van der Waals surface area contributed by atoms with Gasteiger partial charge in [0, 0.05) is 24.1 Å². The van der Waals surface area contributed by atoms with E-state index in [2.05, 4.69) is 18.7 Å². The number of fused-ring (bicyclic) bond motifs is 4. The Morgan fingerprint density at radius 3 is 2.70 bits per heavy atom. The zero-order valence-electron chi connectivity index (χ0n) is 12.6. The zero-order chi connectivity index (χ0) is 16.0. The van der Waals surface area contributed by atoms with Crippen LogP contribution >= 0.6 is 0 Å². The van der Waals surface area contributed by atoms with Crippen molar-refractivity contribution >= 4 is 22.3 Å². The molecule has 0 fully saturated rings. The third-order valence-corrected chi connectivity index (χ3v) is 3.95. The molecule has 0 bridgehead atoms. The largest absolute Gasteiger partial charge is 0.456 e. The van der Waals surface area contributed by atoms with Crippen LogP contribution in [0.1, 0.15) is 18.1 Å². The minimum atomic E-state index is -0.356. The van der Waals surface area contributed by atoms with Gasteiger partial charge in [-0.25, -0.2) is 0 Å². The van der Waals surface area contributed by atoms with Crippen LogP contribution in [0, 0.1) is 0 Å². The van der Waals surface area contributed by atoms with Crippen LogP contribution in [0.4, 0.5) is 0 Å². The zero-order valence-corrected chi connectivity index (χ0v) is 12.6. The predicted molar refractivity (Wildman–Crippen MR) is 89.9 cm³/mol. The Hall–Kier alpha value is -3.07. The molecular weight excluding hydrogens is 288 g/mol. The molecule has 0 amide bonds. The lowest BCUT2D eigenvalue weighted by atomic mass is 9.91. The van der Waals surface area contributed by atoms with Gasteiger partial charge in [-0.1, -0.05) is 36.9 Å². The highest BCUT2D eigenvalue weighted by molar-refractivity contribution is 6.01. The van der Waals surface area contributed by atoms with Crippen molar-refractivity contribution in [2.75, 3.05) is 0 Å². The monoisotopic (exact) mass is 302 g/mol. The molecule has 0 saturated carbocycles. The summed E-state index contributed by atoms with van der Waals surface area (Å²) in [5.41, 5.74) is 2.83. The molecule has 0 spiro atoms. The number of rotatable bonds is 1. The van der Waals surface area contributed by atoms with Crippen LogP contribution in [0.25, 0.3) is 16.3 Å². The molecule has 0 saturated heterocycles. The molecule has 0 N–H and O–H groups in total. The van der Waals surface area contributed by atoms with Crippen molar-refractivity contribution in [2.45, 2.75) is 6.92 Å². The molecule has 1 aliphatic rings. The van der Waals surface area contributed by atoms with E-state index in [-0.39, 0.29) is 5.97 Å². The summed E-state index contributed by atoms with van der Waals surface area (Å²) in [6, 6.07) is 17.5. The molecule has 23 heavy (non-hydrogen) atoms. The van der Waals surface area contributed by atoms with Crippen LogP contribution in [0.15, 0.2) is 61.2 Å². The lowest BCUT2D eigenvalue weighted by molar-refractivity contribution is -0.131. The summed E-state index contributed by atoms with van der Waals surface area (Å²) in [6.07, 6.45) is 0. The van der Waals surface area contributed by atoms with E-state index in [0.29, 0.717) is 11.5 Å². The van der Waals surface area contributed by atoms with Crippen molar-refractivity contribution in [2.24, 2.45) is 0 Å². The normalized spacial score (nSPS) is 12.3. The summed E-state index contributed by atoms with van der Waals surface area (Å²) in [4.78, 5) is 11.1. The number of hydrogen-bond donors (Lipinski definition) is 0. The highest BCUT2D eigenvalue weighted by Gasteiger charge is 2.23. The molecule has 3 aromatic carbocycles. The van der Waals surface area contributed by atoms with Crippen molar-refractivity contribution in [1.82, 2.24) is 0 Å². The third kappa shape index (κ3) is 2.18. The van der Waals surface area contributed by atoms with Gasteiger partial charge in [0.05, 0.1) is 0 Å². The number of hydrogen-bond acceptors (Lipinski definition) is 3. The molecule has 112 valence electrons. The van der Waals surface area contributed by atoms with E-state index in [1.54, 1.807) is 12.1 Å². The summed E-state index contributed by atoms with van der Waals surface area (Å²) in [5, 5.41) is 2.26. The summed E-state index contributed by atoms with van der Waals surface area (Å²) in [7, 11) is 0. The minimum Gasteiger partial charge on any atom is -0.456 e. The fourth-order valence-electron chi connectivity index (χ4n) is 2.97. The maximum Gasteiger partial charge on any atom is 0.308 e. The average Bonchev–Trinajstić information content (AvgIpc) is 2.53. The topological polar surface area (TPSA) is 35.5 Å². The van der Waals surface area contributed by atoms with Gasteiger partial charge in [0.15, 0.2) is 0 Å². The van der Waals surface area contributed by atoms with Gasteiger partial charge in [-0.3, -0.25) is 4.79 Å². The van der Waals surface area contributed by atoms with Crippen LogP contribution in [0.2, 0.25) is 0 Å². The van der Waals surface area contributed by atoms with Gasteiger partial charge < -0.3 is 9.47 Å². The van der Waals surface area contributed by atoms with E-state index >= 15 is 0 Å². The van der Waals surface area contributed by atoms with E-state index in [1.807, 2.05) is 30.3 Å². The molecule has 0 aromatic heterocycles. The van der Waals surface area contributed by atoms with Crippen molar-refractivity contribution < 1.29 is 14.3 Å². The van der Waals surface area contributed by atoms with Gasteiger partial charge >= 0.3 is 5.97 Å². The van der Waals surface area contributed by atoms with Gasteiger partial charge in [0.25, 0.3) is 0 Å². The van der Waals surface area contributed by atoms with Crippen LogP contribution in [0.5, 0.6) is 17.2 Å². The molecule has 0 unspecified atom stereocenters. The number of esters is 1. The molecular formula is C20H14O3. The van der Waals surface area contributed by atoms with E-state index in [1.165, 1.54) is 6.92 Å². The molecule has 1 heterocycles. The summed E-state index contributed by atoms with van der Waals surface area (Å²) in [6.45, 7) is 5.63. The number of ether oxygens (including phenoxy) is 2. The summed E-state index contributed by atoms with van der Waals surface area (Å²) in [5.74, 6) is 1.52. The second-order valence-corrected chi connectivity index (χ2v) is 5.49. The molecule has 4 rings (SSSR count). The highest BCUT2D eigenvalue weighted by atomic mass is 16.5. The van der Waals surface area contributed by atoms with E-state index in [4.69, 9.17) is 9.47 Å². The summed E-state index contributed by atoms with van der Waals surface area (Å²) >= 11 is 0. The molecule has 0 aliphatic carbocycles. The maximum absolute atomic E-state index is 11.1. The molecule has 1 aliphatic heterocycles. The standard InChI is InChI=1S/C20H14O3/c1-12-16-9-8-15(22-13(2)21)11-19(16)23-18-10-7-14-5-3-4-6-17(14)20(12)18/h3-11H,1H2,2H3. The smallest absolute Gasteiger partial charge is 0.308 e. The average molecular weight is 302 g/mol. The minimum absolute atomic E-state index is 0.356. The fourth-order valence-corrected chi connectivity index (χ4v) is 2.97. The van der Waals surface area contributed by atoms with Crippen LogP contribution in [0.3, 0.4) is 0 Å². The van der Waals surface area contributed by atoms with Crippen LogP contribution < -0.4 is 9.47 Å². The van der Waals surface area contributed by atoms with Crippen molar-refractivity contribution in [1.29, 1.82) is 0 Å². The number of benzene rings is 3. The van der Waals surface area contributed by atoms with Crippen LogP contribution in [-0.4, -0.2) is 5.97 Å². The first-order chi connectivity index (χ1) is 11.1. The Morgan fingerprint density at radius 2 is 1.87 bits per heavy atom. The van der Waals surface area contributed by atoms with E-state index in [0.717, 1.165) is 33.2 Å². The Labute approximate surface area is 133 Å². The van der Waals surface area contributed by atoms with Gasteiger partial charge in [-0.2, -0.15) is 0 Å². The molecule has 3 heteroatoms. The lowest BCUT2D eigenvalue weighted by Gasteiger charge is -2.24. The quantitative estimate of drug-likeness (QED) is 0.369. The first-order valence-electron chi connectivity index (χ1n) is 7.35. The molecule has 0 radical (unpaired) electrons. The fraction of sp³-hybridized carbons (Fsp3) is 0.0500. The van der Waals surface area contributed by atoms with Gasteiger partial charge in [-0.15, -0.1) is 0 Å². The van der Waals surface area contributed by atoms with Crippen molar-refractivity contribution in [3.05, 3.63) is 72.3 Å². The first-order valence-corrected chi connectivity index (χ1v) is 7.35. The predicted octanol–water partition coefficient (Wildman–Crippen LogP) is 4.93. The van der Waals surface area contributed by atoms with E-state index < -0.39 is 0 Å². The Bertz CT molecular complexity index is 970. The Morgan fingerprint density at radius 1 is 1.04 bits per heavy atom. The second-order valence-electron chi connectivity index (χ2n) is 5.49. The number of carbonyl (C=O) groups excluding carboxylic acids is 1. The Balaban J connectivity index is 1.87. The van der Waals surface area contributed by atoms with E-state index in [9.17, 15) is 4.79 Å². The molecule has 3 nitrogen and oxygen atoms in total. The van der Waals surface area contributed by atoms with Gasteiger partial charge in [-0.05, 0) is 34.5 Å². The highest BCUT2D eigenvalue weighted by Crippen LogP contribution is 2.46. The van der Waals surface area contributed by atoms with Crippen molar-refractivity contribution in [3.8, 4) is 17.2 Å². The lowest BCUT2D eigenvalue weighted by Crippen LogP contribution is -2.05. The van der Waals surface area contributed by atoms with Crippen LogP contribution in [-0.2, 0) is 4.79 Å². The van der Waals surface area contributed by atoms with Gasteiger partial charge in [0.1, 0.15) is 17.2 Å². The first kappa shape index (κ1) is 13.6. The van der Waals surface area contributed by atoms with Gasteiger partial charge in [0.2, 0.25) is 0 Å². The summed E-state index contributed by atoms with van der Waals surface area (Å²) < 4.78 is 11.2.